The van der Waals surface area contributed by atoms with Gasteiger partial charge >= 0.3 is 18.0 Å². The van der Waals surface area contributed by atoms with Gasteiger partial charge in [0.1, 0.15) is 0 Å². The van der Waals surface area contributed by atoms with Gasteiger partial charge in [0, 0.05) is 56.0 Å². The Morgan fingerprint density at radius 1 is 1.14 bits per heavy atom. The van der Waals surface area contributed by atoms with E-state index in [0.29, 0.717) is 49.0 Å². The number of urea groups is 2. The van der Waals surface area contributed by atoms with Crippen molar-refractivity contribution in [2.24, 2.45) is 0 Å². The zero-order valence-corrected chi connectivity index (χ0v) is 21.7. The van der Waals surface area contributed by atoms with Gasteiger partial charge in [-0.2, -0.15) is 0 Å². The number of rotatable bonds is 7. The largest absolute Gasteiger partial charge is 0.463 e. The van der Waals surface area contributed by atoms with Gasteiger partial charge in [0.2, 0.25) is 0 Å². The number of hydrogen-bond acceptors (Lipinski definition) is 5. The van der Waals surface area contributed by atoms with Crippen LogP contribution in [0.3, 0.4) is 0 Å². The van der Waals surface area contributed by atoms with Gasteiger partial charge in [-0.3, -0.25) is 9.80 Å². The van der Waals surface area contributed by atoms with Crippen molar-refractivity contribution >= 4 is 29.6 Å². The highest BCUT2D eigenvalue weighted by atomic mass is 35.5. The third-order valence-electron chi connectivity index (χ3n) is 6.11. The van der Waals surface area contributed by atoms with E-state index >= 15 is 0 Å². The average Bonchev–Trinajstić information content (AvgIpc) is 3.05. The van der Waals surface area contributed by atoms with Crippen molar-refractivity contribution in [2.45, 2.75) is 46.2 Å². The van der Waals surface area contributed by atoms with E-state index in [2.05, 4.69) is 15.5 Å². The number of nitrogens with zero attached hydrogens (tertiary/aromatic N) is 3. The van der Waals surface area contributed by atoms with Crippen LogP contribution in [0.4, 0.5) is 9.59 Å². The molecule has 0 radical (unpaired) electrons. The fourth-order valence-corrected chi connectivity index (χ4v) is 4.57. The molecule has 2 aliphatic heterocycles. The third kappa shape index (κ3) is 6.67. The van der Waals surface area contributed by atoms with Crippen LogP contribution in [0.1, 0.15) is 45.7 Å². The van der Waals surface area contributed by atoms with Crippen LogP contribution in [0.25, 0.3) is 0 Å². The molecule has 0 unspecified atom stereocenters. The van der Waals surface area contributed by atoms with Gasteiger partial charge in [0.05, 0.1) is 18.2 Å². The Kier molecular flexibility index (Phi) is 9.40. The summed E-state index contributed by atoms with van der Waals surface area (Å²) in [7, 11) is 0. The van der Waals surface area contributed by atoms with Crippen LogP contribution in [0.5, 0.6) is 0 Å². The molecule has 2 aliphatic rings. The molecule has 1 aromatic rings. The summed E-state index contributed by atoms with van der Waals surface area (Å²) in [5, 5.41) is 6.49. The molecular formula is C25H36ClN5O4. The molecule has 0 saturated carbocycles. The molecule has 1 aromatic carbocycles. The van der Waals surface area contributed by atoms with Crippen LogP contribution >= 0.6 is 11.6 Å². The minimum Gasteiger partial charge on any atom is -0.463 e. The second-order valence-electron chi connectivity index (χ2n) is 8.98. The summed E-state index contributed by atoms with van der Waals surface area (Å²) in [5.41, 5.74) is 1.82. The standard InChI is InChI=1S/C25H36ClN5O4/c1-5-31-20(16-29-12-7-13-30(15-14-29)24(33)27-17(3)4)21(23(32)35-6-2)22(28-25(31)34)18-8-10-19(26)11-9-18/h8-11,17,22H,5-7,12-16H2,1-4H3,(H,27,33)(H,28,34)/t22-/m1/s1. The predicted octanol–water partition coefficient (Wildman–Crippen LogP) is 3.37. The lowest BCUT2D eigenvalue weighted by Crippen LogP contribution is -2.51. The van der Waals surface area contributed by atoms with Crippen molar-refractivity contribution in [2.75, 3.05) is 45.9 Å². The number of esters is 1. The smallest absolute Gasteiger partial charge is 0.338 e. The summed E-state index contributed by atoms with van der Waals surface area (Å²) < 4.78 is 5.43. The molecule has 2 heterocycles. The number of ether oxygens (including phenoxy) is 1. The van der Waals surface area contributed by atoms with Gasteiger partial charge in [0.25, 0.3) is 0 Å². The highest BCUT2D eigenvalue weighted by molar-refractivity contribution is 6.30. The molecule has 0 spiro atoms. The Morgan fingerprint density at radius 2 is 1.86 bits per heavy atom. The lowest BCUT2D eigenvalue weighted by atomic mass is 9.94. The maximum atomic E-state index is 13.2. The highest BCUT2D eigenvalue weighted by Gasteiger charge is 2.38. The number of halogens is 1. The number of hydrogen-bond donors (Lipinski definition) is 2. The number of carbonyl (C=O) groups is 3. The van der Waals surface area contributed by atoms with E-state index in [0.717, 1.165) is 18.5 Å². The second kappa shape index (κ2) is 12.3. The quantitative estimate of drug-likeness (QED) is 0.554. The predicted molar refractivity (Wildman–Crippen MR) is 135 cm³/mol. The van der Waals surface area contributed by atoms with Gasteiger partial charge < -0.3 is 20.3 Å². The molecule has 0 bridgehead atoms. The van der Waals surface area contributed by atoms with Crippen LogP contribution < -0.4 is 10.6 Å². The monoisotopic (exact) mass is 505 g/mol. The molecule has 1 saturated heterocycles. The van der Waals surface area contributed by atoms with Gasteiger partial charge in [-0.25, -0.2) is 14.4 Å². The summed E-state index contributed by atoms with van der Waals surface area (Å²) in [5.74, 6) is -0.450. The first-order valence-corrected chi connectivity index (χ1v) is 12.6. The fraction of sp³-hybridized carbons (Fsp3) is 0.560. The van der Waals surface area contributed by atoms with E-state index < -0.39 is 12.0 Å². The van der Waals surface area contributed by atoms with Crippen LogP contribution in [0.2, 0.25) is 5.02 Å². The van der Waals surface area contributed by atoms with Crippen molar-refractivity contribution in [3.05, 3.63) is 46.1 Å². The van der Waals surface area contributed by atoms with E-state index in [9.17, 15) is 14.4 Å². The number of benzene rings is 1. The van der Waals surface area contributed by atoms with Crippen LogP contribution in [-0.2, 0) is 9.53 Å². The normalized spacial score (nSPS) is 19.5. The molecule has 35 heavy (non-hydrogen) atoms. The van der Waals surface area contributed by atoms with Crippen molar-refractivity contribution < 1.29 is 19.1 Å². The third-order valence-corrected chi connectivity index (χ3v) is 6.37. The summed E-state index contributed by atoms with van der Waals surface area (Å²) in [6.07, 6.45) is 0.798. The Labute approximate surface area is 212 Å². The minimum absolute atomic E-state index is 0.0664. The number of nitrogens with one attached hydrogen (secondary N) is 2. The Morgan fingerprint density at radius 3 is 2.49 bits per heavy atom. The van der Waals surface area contributed by atoms with Gasteiger partial charge in [0.15, 0.2) is 0 Å². The second-order valence-corrected chi connectivity index (χ2v) is 9.42. The first-order valence-electron chi connectivity index (χ1n) is 12.3. The van der Waals surface area contributed by atoms with E-state index in [1.165, 1.54) is 0 Å². The molecule has 10 heteroatoms. The first-order chi connectivity index (χ1) is 16.7. The number of carbonyl (C=O) groups excluding carboxylic acids is 3. The lowest BCUT2D eigenvalue weighted by molar-refractivity contribution is -0.139. The molecule has 192 valence electrons. The number of likely N-dealkylation sites (N-methyl/N-ethyl adjacent to an activating group) is 1. The maximum Gasteiger partial charge on any atom is 0.338 e. The summed E-state index contributed by atoms with van der Waals surface area (Å²) in [4.78, 5) is 44.4. The Hall–Kier alpha value is -2.78. The molecule has 1 atom stereocenters. The van der Waals surface area contributed by atoms with E-state index in [4.69, 9.17) is 16.3 Å². The fourth-order valence-electron chi connectivity index (χ4n) is 4.45. The summed E-state index contributed by atoms with van der Waals surface area (Å²) in [6, 6.07) is 6.20. The molecule has 1 fully saturated rings. The summed E-state index contributed by atoms with van der Waals surface area (Å²) in [6.45, 7) is 11.2. The minimum atomic E-state index is -0.642. The topological polar surface area (TPSA) is 94.2 Å². The van der Waals surface area contributed by atoms with Crippen LogP contribution in [0, 0.1) is 0 Å². The van der Waals surface area contributed by atoms with E-state index in [1.807, 2.05) is 37.8 Å². The Bertz CT molecular complexity index is 950. The zero-order chi connectivity index (χ0) is 25.5. The average molecular weight is 506 g/mol. The molecular weight excluding hydrogens is 470 g/mol. The maximum absolute atomic E-state index is 13.2. The Balaban J connectivity index is 1.92. The molecule has 4 amide bonds. The van der Waals surface area contributed by atoms with Crippen molar-refractivity contribution in [3.63, 3.8) is 0 Å². The molecule has 0 aromatic heterocycles. The van der Waals surface area contributed by atoms with Crippen molar-refractivity contribution in [1.82, 2.24) is 25.3 Å². The molecule has 9 nitrogen and oxygen atoms in total. The van der Waals surface area contributed by atoms with E-state index in [-0.39, 0.29) is 24.7 Å². The number of amides is 4. The van der Waals surface area contributed by atoms with Crippen LogP contribution in [-0.4, -0.2) is 84.6 Å². The van der Waals surface area contributed by atoms with E-state index in [1.54, 1.807) is 24.0 Å². The molecule has 3 rings (SSSR count). The highest BCUT2D eigenvalue weighted by Crippen LogP contribution is 2.32. The molecule has 0 aliphatic carbocycles. The van der Waals surface area contributed by atoms with Gasteiger partial charge in [-0.15, -0.1) is 0 Å². The van der Waals surface area contributed by atoms with Gasteiger partial charge in [-0.05, 0) is 51.8 Å². The lowest BCUT2D eigenvalue weighted by Gasteiger charge is -2.38. The van der Waals surface area contributed by atoms with Crippen molar-refractivity contribution in [1.29, 1.82) is 0 Å². The van der Waals surface area contributed by atoms with Crippen molar-refractivity contribution in [3.8, 4) is 0 Å². The first kappa shape index (κ1) is 26.8. The zero-order valence-electron chi connectivity index (χ0n) is 21.0. The van der Waals surface area contributed by atoms with Gasteiger partial charge in [-0.1, -0.05) is 23.7 Å². The molecule has 2 N–H and O–H groups in total. The summed E-state index contributed by atoms with van der Waals surface area (Å²) >= 11 is 6.07. The van der Waals surface area contributed by atoms with Crippen LogP contribution in [0.15, 0.2) is 35.5 Å². The SMILES string of the molecule is CCOC(=O)C1=C(CN2CCCN(C(=O)NC(C)C)CC2)N(CC)C(=O)N[C@@H]1c1ccc(Cl)cc1.